The number of allylic oxidation sites excluding steroid dienone is 2. The van der Waals surface area contributed by atoms with Crippen LogP contribution in [0.1, 0.15) is 22.2 Å². The van der Waals surface area contributed by atoms with Crippen molar-refractivity contribution in [3.8, 4) is 0 Å². The lowest BCUT2D eigenvalue weighted by atomic mass is 9.91. The standard InChI is InChI=1S/C11H11F3S/c1-6-3-9(11(12,13)14)8-5-7(2)15-10(8)4-6/h3,5-6H,4H2,1-2H3. The first-order valence-electron chi connectivity index (χ1n) is 4.76. The average molecular weight is 232 g/mol. The summed E-state index contributed by atoms with van der Waals surface area (Å²) < 4.78 is 38.2. The minimum absolute atomic E-state index is 0.0211. The van der Waals surface area contributed by atoms with Gasteiger partial charge in [-0.2, -0.15) is 13.2 Å². The van der Waals surface area contributed by atoms with E-state index in [1.165, 1.54) is 17.4 Å². The minimum atomic E-state index is -4.23. The molecule has 1 atom stereocenters. The molecule has 0 nitrogen and oxygen atoms in total. The number of thiophene rings is 1. The highest BCUT2D eigenvalue weighted by Crippen LogP contribution is 2.43. The van der Waals surface area contributed by atoms with Gasteiger partial charge >= 0.3 is 6.18 Å². The summed E-state index contributed by atoms with van der Waals surface area (Å²) >= 11 is 1.47. The third kappa shape index (κ3) is 1.95. The van der Waals surface area contributed by atoms with E-state index in [-0.39, 0.29) is 5.92 Å². The zero-order chi connectivity index (χ0) is 11.2. The van der Waals surface area contributed by atoms with E-state index in [1.807, 2.05) is 13.8 Å². The van der Waals surface area contributed by atoms with E-state index in [0.29, 0.717) is 5.56 Å². The number of rotatable bonds is 0. The van der Waals surface area contributed by atoms with Crippen LogP contribution in [-0.4, -0.2) is 6.18 Å². The van der Waals surface area contributed by atoms with Crippen LogP contribution in [0, 0.1) is 12.8 Å². The molecule has 1 aliphatic carbocycles. The summed E-state index contributed by atoms with van der Waals surface area (Å²) in [5, 5.41) is 0. The first kappa shape index (κ1) is 10.7. The van der Waals surface area contributed by atoms with Crippen molar-refractivity contribution in [1.82, 2.24) is 0 Å². The number of halogens is 3. The van der Waals surface area contributed by atoms with Crippen molar-refractivity contribution in [2.75, 3.05) is 0 Å². The van der Waals surface area contributed by atoms with Gasteiger partial charge in [0.2, 0.25) is 0 Å². The maximum Gasteiger partial charge on any atom is 0.416 e. The summed E-state index contributed by atoms with van der Waals surface area (Å²) in [4.78, 5) is 1.82. The molecular formula is C11H11F3S. The third-order valence-corrected chi connectivity index (χ3v) is 3.56. The van der Waals surface area contributed by atoms with Crippen molar-refractivity contribution < 1.29 is 13.2 Å². The maximum atomic E-state index is 12.7. The van der Waals surface area contributed by atoms with Crippen molar-refractivity contribution in [1.29, 1.82) is 0 Å². The Kier molecular flexibility index (Phi) is 2.41. The van der Waals surface area contributed by atoms with Gasteiger partial charge < -0.3 is 0 Å². The molecule has 1 aromatic heterocycles. The summed E-state index contributed by atoms with van der Waals surface area (Å²) in [6, 6.07) is 1.64. The molecule has 0 amide bonds. The summed E-state index contributed by atoms with van der Waals surface area (Å²) in [6.45, 7) is 3.67. The van der Waals surface area contributed by atoms with Crippen molar-refractivity contribution >= 4 is 16.9 Å². The van der Waals surface area contributed by atoms with Gasteiger partial charge in [-0.1, -0.05) is 13.0 Å². The fourth-order valence-electron chi connectivity index (χ4n) is 1.91. The molecule has 0 fully saturated rings. The van der Waals surface area contributed by atoms with E-state index >= 15 is 0 Å². The lowest BCUT2D eigenvalue weighted by Gasteiger charge is -2.20. The number of fused-ring (bicyclic) bond motifs is 1. The van der Waals surface area contributed by atoms with Crippen molar-refractivity contribution in [2.45, 2.75) is 26.4 Å². The van der Waals surface area contributed by atoms with E-state index < -0.39 is 11.7 Å². The molecule has 1 unspecified atom stereocenters. The predicted molar refractivity (Wildman–Crippen MR) is 56.0 cm³/mol. The normalized spacial score (nSPS) is 21.1. The molecule has 0 aliphatic heterocycles. The Bertz CT molecular complexity index is 412. The monoisotopic (exact) mass is 232 g/mol. The number of hydrogen-bond acceptors (Lipinski definition) is 1. The quantitative estimate of drug-likeness (QED) is 0.629. The highest BCUT2D eigenvalue weighted by atomic mass is 32.1. The summed E-state index contributed by atoms with van der Waals surface area (Å²) in [7, 11) is 0. The molecule has 0 N–H and O–H groups in total. The highest BCUT2D eigenvalue weighted by molar-refractivity contribution is 7.12. The molecule has 0 saturated heterocycles. The predicted octanol–water partition coefficient (Wildman–Crippen LogP) is 4.19. The van der Waals surface area contributed by atoms with Gasteiger partial charge in [-0.3, -0.25) is 0 Å². The second-order valence-corrected chi connectivity index (χ2v) is 5.29. The molecule has 82 valence electrons. The first-order valence-corrected chi connectivity index (χ1v) is 5.58. The fraction of sp³-hybridized carbons (Fsp3) is 0.455. The van der Waals surface area contributed by atoms with Crippen LogP contribution >= 0.6 is 11.3 Å². The Labute approximate surface area is 90.4 Å². The van der Waals surface area contributed by atoms with Crippen LogP contribution in [0.4, 0.5) is 13.2 Å². The summed E-state index contributed by atoms with van der Waals surface area (Å²) in [5.74, 6) is -0.0211. The Morgan fingerprint density at radius 1 is 1.40 bits per heavy atom. The van der Waals surface area contributed by atoms with Gasteiger partial charge in [0.25, 0.3) is 0 Å². The van der Waals surface area contributed by atoms with E-state index in [1.54, 1.807) is 6.07 Å². The van der Waals surface area contributed by atoms with Gasteiger partial charge in [0.15, 0.2) is 0 Å². The zero-order valence-electron chi connectivity index (χ0n) is 8.48. The molecule has 0 bridgehead atoms. The van der Waals surface area contributed by atoms with Crippen LogP contribution in [-0.2, 0) is 6.42 Å². The van der Waals surface area contributed by atoms with E-state index in [4.69, 9.17) is 0 Å². The second-order valence-electron chi connectivity index (χ2n) is 3.95. The lowest BCUT2D eigenvalue weighted by Crippen LogP contribution is -2.16. The molecule has 0 saturated carbocycles. The molecule has 0 spiro atoms. The molecule has 0 aromatic carbocycles. The number of alkyl halides is 3. The van der Waals surface area contributed by atoms with Crippen LogP contribution in [0.25, 0.3) is 5.57 Å². The number of aryl methyl sites for hydroxylation is 1. The SMILES string of the molecule is Cc1cc2c(s1)CC(C)C=C2C(F)(F)F. The van der Waals surface area contributed by atoms with Gasteiger partial charge in [0, 0.05) is 15.3 Å². The second kappa shape index (κ2) is 3.37. The van der Waals surface area contributed by atoms with Crippen LogP contribution in [0.2, 0.25) is 0 Å². The van der Waals surface area contributed by atoms with Gasteiger partial charge in [-0.05, 0) is 25.3 Å². The molecule has 0 radical (unpaired) electrons. The van der Waals surface area contributed by atoms with Gasteiger partial charge in [-0.25, -0.2) is 0 Å². The summed E-state index contributed by atoms with van der Waals surface area (Å²) in [6.07, 6.45) is -2.15. The van der Waals surface area contributed by atoms with Crippen molar-refractivity contribution in [2.24, 2.45) is 5.92 Å². The minimum Gasteiger partial charge on any atom is -0.166 e. The van der Waals surface area contributed by atoms with E-state index in [9.17, 15) is 13.2 Å². The maximum absolute atomic E-state index is 12.7. The topological polar surface area (TPSA) is 0 Å². The Morgan fingerprint density at radius 2 is 2.07 bits per heavy atom. The van der Waals surface area contributed by atoms with Crippen LogP contribution in [0.3, 0.4) is 0 Å². The van der Waals surface area contributed by atoms with Gasteiger partial charge in [-0.15, -0.1) is 11.3 Å². The van der Waals surface area contributed by atoms with Gasteiger partial charge in [0.05, 0.1) is 5.57 Å². The smallest absolute Gasteiger partial charge is 0.166 e. The van der Waals surface area contributed by atoms with Gasteiger partial charge in [0.1, 0.15) is 0 Å². The molecule has 1 aliphatic rings. The largest absolute Gasteiger partial charge is 0.416 e. The molecule has 1 heterocycles. The Balaban J connectivity index is 2.53. The van der Waals surface area contributed by atoms with E-state index in [2.05, 4.69) is 0 Å². The third-order valence-electron chi connectivity index (χ3n) is 2.49. The van der Waals surface area contributed by atoms with Crippen LogP contribution in [0.5, 0.6) is 0 Å². The fourth-order valence-corrected chi connectivity index (χ4v) is 3.11. The Morgan fingerprint density at radius 3 is 2.67 bits per heavy atom. The van der Waals surface area contributed by atoms with Crippen molar-refractivity contribution in [3.63, 3.8) is 0 Å². The Hall–Kier alpha value is -0.770. The molecule has 4 heteroatoms. The van der Waals surface area contributed by atoms with Crippen molar-refractivity contribution in [3.05, 3.63) is 27.5 Å². The average Bonchev–Trinajstić information content (AvgIpc) is 2.41. The highest BCUT2D eigenvalue weighted by Gasteiger charge is 2.38. The summed E-state index contributed by atoms with van der Waals surface area (Å²) in [5.41, 5.74) is -0.0660. The lowest BCUT2D eigenvalue weighted by molar-refractivity contribution is -0.0694. The first-order chi connectivity index (χ1) is 6.88. The number of hydrogen-bond donors (Lipinski definition) is 0. The molecular weight excluding hydrogens is 221 g/mol. The molecule has 15 heavy (non-hydrogen) atoms. The molecule has 2 rings (SSSR count). The van der Waals surface area contributed by atoms with E-state index in [0.717, 1.165) is 16.2 Å². The zero-order valence-corrected chi connectivity index (χ0v) is 9.30. The van der Waals surface area contributed by atoms with Crippen LogP contribution < -0.4 is 0 Å². The molecule has 1 aromatic rings. The van der Waals surface area contributed by atoms with Crippen LogP contribution in [0.15, 0.2) is 12.1 Å².